The van der Waals surface area contributed by atoms with Crippen molar-refractivity contribution in [1.82, 2.24) is 5.32 Å². The van der Waals surface area contributed by atoms with E-state index in [-0.39, 0.29) is 12.5 Å². The topological polar surface area (TPSA) is 69.6 Å². The third kappa shape index (κ3) is 44.3. The average Bonchev–Trinajstić information content (AvgIpc) is 3.19. The van der Waals surface area contributed by atoms with Crippen molar-refractivity contribution in [2.75, 3.05) is 6.61 Å². The highest BCUT2D eigenvalue weighted by atomic mass is 16.3. The monoisotopic (exact) mass is 778 g/mol. The summed E-state index contributed by atoms with van der Waals surface area (Å²) in [5.74, 6) is -0.0268. The number of aliphatic hydroxyl groups is 2. The van der Waals surface area contributed by atoms with Crippen molar-refractivity contribution >= 4 is 5.91 Å². The van der Waals surface area contributed by atoms with Crippen LogP contribution in [0, 0.1) is 0 Å². The lowest BCUT2D eigenvalue weighted by Gasteiger charge is -2.22. The Morgan fingerprint density at radius 2 is 0.582 bits per heavy atom. The van der Waals surface area contributed by atoms with E-state index in [1.54, 1.807) is 0 Å². The van der Waals surface area contributed by atoms with Crippen LogP contribution in [0.25, 0.3) is 0 Å². The van der Waals surface area contributed by atoms with E-state index in [9.17, 15) is 15.0 Å². The Kier molecular flexibility index (Phi) is 47.2. The van der Waals surface area contributed by atoms with E-state index in [1.165, 1.54) is 250 Å². The summed E-state index contributed by atoms with van der Waals surface area (Å²) in [7, 11) is 0. The van der Waals surface area contributed by atoms with Gasteiger partial charge in [0.15, 0.2) is 0 Å². The third-order valence-electron chi connectivity index (χ3n) is 12.4. The zero-order chi connectivity index (χ0) is 40.0. The predicted octanol–water partition coefficient (Wildman–Crippen LogP) is 16.4. The highest BCUT2D eigenvalue weighted by Crippen LogP contribution is 2.18. The van der Waals surface area contributed by atoms with Crippen molar-refractivity contribution in [2.24, 2.45) is 0 Å². The van der Waals surface area contributed by atoms with Crippen molar-refractivity contribution < 1.29 is 15.0 Å². The Morgan fingerprint density at radius 1 is 0.364 bits per heavy atom. The molecule has 0 aromatic carbocycles. The number of aliphatic hydroxyl groups excluding tert-OH is 2. The fraction of sp³-hybridized carbons (Fsp3) is 0.980. The lowest BCUT2D eigenvalue weighted by molar-refractivity contribution is -0.123. The molecule has 0 fully saturated rings. The van der Waals surface area contributed by atoms with E-state index < -0.39 is 12.1 Å². The first-order valence-electron chi connectivity index (χ1n) is 25.7. The number of amides is 1. The number of hydrogen-bond acceptors (Lipinski definition) is 3. The van der Waals surface area contributed by atoms with Crippen LogP contribution in [0.15, 0.2) is 0 Å². The molecule has 0 aromatic rings. The lowest BCUT2D eigenvalue weighted by Crippen LogP contribution is -2.45. The molecule has 2 atom stereocenters. The Hall–Kier alpha value is -0.610. The molecule has 0 unspecified atom stereocenters. The molecule has 0 spiro atoms. The molecule has 0 saturated carbocycles. The lowest BCUT2D eigenvalue weighted by atomic mass is 10.0. The Morgan fingerprint density at radius 3 is 0.818 bits per heavy atom. The number of carbonyl (C=O) groups excluding carboxylic acids is 1. The largest absolute Gasteiger partial charge is 0.394 e. The van der Waals surface area contributed by atoms with Gasteiger partial charge in [0.2, 0.25) is 5.91 Å². The van der Waals surface area contributed by atoms with Gasteiger partial charge in [-0.2, -0.15) is 0 Å². The second-order valence-corrected chi connectivity index (χ2v) is 18.0. The quantitative estimate of drug-likeness (QED) is 0.0539. The zero-order valence-corrected chi connectivity index (χ0v) is 38.0. The SMILES string of the molecule is CCCCCCCCCCCCCCCCCCCCCCCCCCCCCCCCCCCCC(=O)N[C@@H](CO)[C@H](O)CCCCCCCCCCC. The third-order valence-corrected chi connectivity index (χ3v) is 12.4. The van der Waals surface area contributed by atoms with Gasteiger partial charge in [0, 0.05) is 6.42 Å². The summed E-state index contributed by atoms with van der Waals surface area (Å²) >= 11 is 0. The normalized spacial score (nSPS) is 12.7. The minimum atomic E-state index is -0.651. The van der Waals surface area contributed by atoms with E-state index in [0.717, 1.165) is 25.7 Å². The van der Waals surface area contributed by atoms with Crippen molar-refractivity contribution in [1.29, 1.82) is 0 Å². The minimum Gasteiger partial charge on any atom is -0.394 e. The highest BCUT2D eigenvalue weighted by molar-refractivity contribution is 5.76. The van der Waals surface area contributed by atoms with Gasteiger partial charge in [-0.1, -0.05) is 284 Å². The van der Waals surface area contributed by atoms with Crippen molar-refractivity contribution in [3.05, 3.63) is 0 Å². The molecule has 0 bridgehead atoms. The molecular weight excluding hydrogens is 675 g/mol. The Labute approximate surface area is 346 Å². The minimum absolute atomic E-state index is 0.0268. The fourth-order valence-corrected chi connectivity index (χ4v) is 8.42. The van der Waals surface area contributed by atoms with Gasteiger partial charge in [-0.3, -0.25) is 4.79 Å². The van der Waals surface area contributed by atoms with Crippen molar-refractivity contribution in [2.45, 2.75) is 315 Å². The molecule has 0 heterocycles. The van der Waals surface area contributed by atoms with Gasteiger partial charge >= 0.3 is 0 Å². The molecule has 0 saturated heterocycles. The van der Waals surface area contributed by atoms with Crippen LogP contribution in [0.2, 0.25) is 0 Å². The van der Waals surface area contributed by atoms with Gasteiger partial charge in [-0.25, -0.2) is 0 Å². The number of rotatable bonds is 48. The summed E-state index contributed by atoms with van der Waals surface area (Å²) < 4.78 is 0. The maximum atomic E-state index is 12.4. The molecule has 4 heteroatoms. The van der Waals surface area contributed by atoms with E-state index >= 15 is 0 Å². The van der Waals surface area contributed by atoms with Gasteiger partial charge in [-0.15, -0.1) is 0 Å². The predicted molar refractivity (Wildman–Crippen MR) is 244 cm³/mol. The molecule has 0 aromatic heterocycles. The summed E-state index contributed by atoms with van der Waals surface area (Å²) in [5, 5.41) is 23.1. The smallest absolute Gasteiger partial charge is 0.220 e. The summed E-state index contributed by atoms with van der Waals surface area (Å²) in [6.07, 6.45) is 59.6. The highest BCUT2D eigenvalue weighted by Gasteiger charge is 2.20. The van der Waals surface area contributed by atoms with Gasteiger partial charge in [0.1, 0.15) is 0 Å². The number of nitrogens with one attached hydrogen (secondary N) is 1. The first kappa shape index (κ1) is 54.4. The Balaban J connectivity index is 3.30. The van der Waals surface area contributed by atoms with E-state index in [1.807, 2.05) is 0 Å². The van der Waals surface area contributed by atoms with Crippen LogP contribution in [0.1, 0.15) is 303 Å². The maximum Gasteiger partial charge on any atom is 0.220 e. The molecule has 0 aliphatic heterocycles. The van der Waals surface area contributed by atoms with E-state index in [2.05, 4.69) is 19.2 Å². The van der Waals surface area contributed by atoms with Gasteiger partial charge < -0.3 is 15.5 Å². The van der Waals surface area contributed by atoms with Gasteiger partial charge in [-0.05, 0) is 12.8 Å². The summed E-state index contributed by atoms with van der Waals surface area (Å²) in [6.45, 7) is 4.36. The van der Waals surface area contributed by atoms with Gasteiger partial charge in [0.05, 0.1) is 18.8 Å². The fourth-order valence-electron chi connectivity index (χ4n) is 8.42. The zero-order valence-electron chi connectivity index (χ0n) is 38.0. The second-order valence-electron chi connectivity index (χ2n) is 18.0. The molecule has 1 amide bonds. The van der Waals surface area contributed by atoms with Crippen LogP contribution >= 0.6 is 0 Å². The number of hydrogen-bond donors (Lipinski definition) is 3. The molecule has 330 valence electrons. The summed E-state index contributed by atoms with van der Waals surface area (Å²) in [5.41, 5.74) is 0. The molecule has 4 nitrogen and oxygen atoms in total. The van der Waals surface area contributed by atoms with Crippen LogP contribution in [0.3, 0.4) is 0 Å². The van der Waals surface area contributed by atoms with Crippen LogP contribution in [-0.4, -0.2) is 34.9 Å². The molecular formula is C51H103NO3. The number of carbonyl (C=O) groups is 1. The van der Waals surface area contributed by atoms with Crippen molar-refractivity contribution in [3.8, 4) is 0 Å². The molecule has 0 aliphatic rings. The molecule has 55 heavy (non-hydrogen) atoms. The van der Waals surface area contributed by atoms with E-state index in [4.69, 9.17) is 0 Å². The Bertz CT molecular complexity index is 714. The van der Waals surface area contributed by atoms with Crippen LogP contribution in [0.5, 0.6) is 0 Å². The molecule has 3 N–H and O–H groups in total. The molecule has 0 rings (SSSR count). The van der Waals surface area contributed by atoms with Crippen molar-refractivity contribution in [3.63, 3.8) is 0 Å². The standard InChI is InChI=1S/C51H103NO3/c1-3-5-7-9-11-13-14-15-16-17-18-19-20-21-22-23-24-25-26-27-28-29-30-31-32-33-34-35-36-37-39-41-43-45-47-51(55)52-49(48-53)50(54)46-44-42-40-38-12-10-8-6-4-2/h49-50,53-54H,3-48H2,1-2H3,(H,52,55)/t49-,50+/m0/s1. The number of unbranched alkanes of at least 4 members (excludes halogenated alkanes) is 41. The second kappa shape index (κ2) is 47.8. The molecule has 0 aliphatic carbocycles. The summed E-state index contributed by atoms with van der Waals surface area (Å²) in [6, 6.07) is -0.528. The van der Waals surface area contributed by atoms with Crippen LogP contribution in [0.4, 0.5) is 0 Å². The molecule has 0 radical (unpaired) electrons. The first-order chi connectivity index (χ1) is 27.2. The van der Waals surface area contributed by atoms with Crippen LogP contribution < -0.4 is 5.32 Å². The average molecular weight is 778 g/mol. The first-order valence-corrected chi connectivity index (χ1v) is 25.7. The maximum absolute atomic E-state index is 12.4. The van der Waals surface area contributed by atoms with E-state index in [0.29, 0.717) is 12.8 Å². The van der Waals surface area contributed by atoms with Gasteiger partial charge in [0.25, 0.3) is 0 Å². The summed E-state index contributed by atoms with van der Waals surface area (Å²) in [4.78, 5) is 12.4. The van der Waals surface area contributed by atoms with Crippen LogP contribution in [-0.2, 0) is 4.79 Å².